The van der Waals surface area contributed by atoms with E-state index in [-0.39, 0.29) is 0 Å². The van der Waals surface area contributed by atoms with Crippen LogP contribution in [-0.4, -0.2) is 12.1 Å². The van der Waals surface area contributed by atoms with Crippen LogP contribution in [0.25, 0.3) is 0 Å². The maximum absolute atomic E-state index is 5.36. The van der Waals surface area contributed by atoms with Gasteiger partial charge in [-0.15, -0.1) is 0 Å². The molecule has 90 valence electrons. The summed E-state index contributed by atoms with van der Waals surface area (Å²) in [5.41, 5.74) is 2.10. The van der Waals surface area contributed by atoms with E-state index in [0.29, 0.717) is 6.01 Å². The summed E-state index contributed by atoms with van der Waals surface area (Å²) in [5, 5.41) is 3.12. The maximum atomic E-state index is 5.36. The molecule has 4 nitrogen and oxygen atoms in total. The average molecular weight is 232 g/mol. The van der Waals surface area contributed by atoms with Gasteiger partial charge in [0.05, 0.1) is 13.3 Å². The van der Waals surface area contributed by atoms with Crippen molar-refractivity contribution in [1.82, 2.24) is 4.98 Å². The second-order valence-electron chi connectivity index (χ2n) is 3.78. The molecule has 0 saturated heterocycles. The van der Waals surface area contributed by atoms with Crippen molar-refractivity contribution in [3.63, 3.8) is 0 Å². The summed E-state index contributed by atoms with van der Waals surface area (Å²) < 4.78 is 10.6. The molecule has 0 fully saturated rings. The number of aromatic nitrogens is 1. The number of hydrogen-bond acceptors (Lipinski definition) is 4. The van der Waals surface area contributed by atoms with Gasteiger partial charge in [-0.3, -0.25) is 0 Å². The van der Waals surface area contributed by atoms with Gasteiger partial charge in [0.25, 0.3) is 6.01 Å². The lowest BCUT2D eigenvalue weighted by molar-refractivity contribution is 0.410. The summed E-state index contributed by atoms with van der Waals surface area (Å²) in [6.07, 6.45) is 2.61. The highest BCUT2D eigenvalue weighted by atomic mass is 16.5. The number of methoxy groups -OCH3 is 1. The van der Waals surface area contributed by atoms with Crippen LogP contribution in [-0.2, 0) is 6.42 Å². The molecule has 1 heterocycles. The van der Waals surface area contributed by atoms with Crippen LogP contribution in [0.15, 0.2) is 28.8 Å². The van der Waals surface area contributed by atoms with Crippen molar-refractivity contribution in [1.29, 1.82) is 0 Å². The van der Waals surface area contributed by atoms with Gasteiger partial charge < -0.3 is 14.5 Å². The Labute approximate surface area is 101 Å². The molecule has 0 radical (unpaired) electrons. The Balaban J connectivity index is 2.22. The number of rotatable bonds is 4. The third kappa shape index (κ3) is 2.58. The molecule has 0 unspecified atom stereocenters. The summed E-state index contributed by atoms with van der Waals surface area (Å²) in [6, 6.07) is 6.43. The first-order chi connectivity index (χ1) is 8.22. The number of anilines is 2. The quantitative estimate of drug-likeness (QED) is 0.878. The van der Waals surface area contributed by atoms with E-state index < -0.39 is 0 Å². The highest BCUT2D eigenvalue weighted by Gasteiger charge is 2.05. The molecule has 0 atom stereocenters. The van der Waals surface area contributed by atoms with Gasteiger partial charge in [0.1, 0.15) is 11.5 Å². The Hall–Kier alpha value is -1.97. The second-order valence-corrected chi connectivity index (χ2v) is 3.78. The van der Waals surface area contributed by atoms with Crippen LogP contribution in [0.2, 0.25) is 0 Å². The zero-order valence-electron chi connectivity index (χ0n) is 10.3. The molecule has 17 heavy (non-hydrogen) atoms. The van der Waals surface area contributed by atoms with E-state index in [1.54, 1.807) is 13.3 Å². The Kier molecular flexibility index (Phi) is 3.32. The fraction of sp³-hybridized carbons (Fsp3) is 0.308. The lowest BCUT2D eigenvalue weighted by Crippen LogP contribution is -1.94. The fourth-order valence-corrected chi connectivity index (χ4v) is 1.67. The van der Waals surface area contributed by atoms with E-state index in [4.69, 9.17) is 9.15 Å². The fourth-order valence-electron chi connectivity index (χ4n) is 1.67. The van der Waals surface area contributed by atoms with E-state index in [0.717, 1.165) is 29.2 Å². The minimum atomic E-state index is 0.509. The van der Waals surface area contributed by atoms with Gasteiger partial charge in [-0.05, 0) is 37.1 Å². The monoisotopic (exact) mass is 232 g/mol. The second kappa shape index (κ2) is 4.91. The molecule has 0 bridgehead atoms. The number of benzene rings is 1. The van der Waals surface area contributed by atoms with Crippen LogP contribution in [0.4, 0.5) is 11.7 Å². The van der Waals surface area contributed by atoms with Crippen molar-refractivity contribution in [3.05, 3.63) is 35.7 Å². The number of hydrogen-bond donors (Lipinski definition) is 1. The lowest BCUT2D eigenvalue weighted by atomic mass is 10.1. The van der Waals surface area contributed by atoms with Crippen LogP contribution >= 0.6 is 0 Å². The van der Waals surface area contributed by atoms with E-state index in [1.807, 2.05) is 25.1 Å². The van der Waals surface area contributed by atoms with Crippen molar-refractivity contribution in [2.75, 3.05) is 12.4 Å². The Morgan fingerprint density at radius 3 is 2.82 bits per heavy atom. The Morgan fingerprint density at radius 2 is 2.24 bits per heavy atom. The number of ether oxygens (including phenoxy) is 1. The van der Waals surface area contributed by atoms with Crippen LogP contribution in [0.1, 0.15) is 18.2 Å². The van der Waals surface area contributed by atoms with Gasteiger partial charge in [-0.1, -0.05) is 6.92 Å². The molecule has 1 aromatic carbocycles. The number of nitrogens with zero attached hydrogens (tertiary/aromatic N) is 1. The molecule has 0 amide bonds. The molecule has 2 aromatic rings. The minimum absolute atomic E-state index is 0.509. The van der Waals surface area contributed by atoms with Crippen molar-refractivity contribution in [2.24, 2.45) is 0 Å². The maximum Gasteiger partial charge on any atom is 0.299 e. The van der Waals surface area contributed by atoms with Crippen LogP contribution < -0.4 is 10.1 Å². The van der Waals surface area contributed by atoms with Crippen molar-refractivity contribution in [2.45, 2.75) is 20.3 Å². The van der Waals surface area contributed by atoms with E-state index in [1.165, 1.54) is 0 Å². The van der Waals surface area contributed by atoms with Crippen molar-refractivity contribution >= 4 is 11.7 Å². The normalized spacial score (nSPS) is 10.3. The molecule has 1 aromatic heterocycles. The molecular weight excluding hydrogens is 216 g/mol. The van der Waals surface area contributed by atoms with Crippen molar-refractivity contribution < 1.29 is 9.15 Å². The van der Waals surface area contributed by atoms with Crippen LogP contribution in [0, 0.1) is 6.92 Å². The smallest absolute Gasteiger partial charge is 0.299 e. The SMILES string of the molecule is CCc1cc(Nc2ncc(C)o2)ccc1OC. The van der Waals surface area contributed by atoms with Gasteiger partial charge >= 0.3 is 0 Å². The number of aryl methyl sites for hydroxylation is 2. The van der Waals surface area contributed by atoms with Gasteiger partial charge in [0.15, 0.2) is 0 Å². The predicted molar refractivity (Wildman–Crippen MR) is 66.9 cm³/mol. The standard InChI is InChI=1S/C13H16N2O2/c1-4-10-7-11(5-6-12(10)16-3)15-13-14-8-9(2)17-13/h5-8H,4H2,1-3H3,(H,14,15). The number of oxazole rings is 1. The molecular formula is C13H16N2O2. The van der Waals surface area contributed by atoms with Gasteiger partial charge in [-0.2, -0.15) is 0 Å². The minimum Gasteiger partial charge on any atom is -0.496 e. The van der Waals surface area contributed by atoms with Gasteiger partial charge in [0.2, 0.25) is 0 Å². The zero-order valence-corrected chi connectivity index (χ0v) is 10.3. The zero-order chi connectivity index (χ0) is 12.3. The highest BCUT2D eigenvalue weighted by molar-refractivity contribution is 5.56. The first kappa shape index (κ1) is 11.5. The summed E-state index contributed by atoms with van der Waals surface area (Å²) in [6.45, 7) is 3.96. The van der Waals surface area contributed by atoms with Gasteiger partial charge in [-0.25, -0.2) is 4.98 Å². The largest absolute Gasteiger partial charge is 0.496 e. The van der Waals surface area contributed by atoms with E-state index >= 15 is 0 Å². The molecule has 0 spiro atoms. The molecule has 1 N–H and O–H groups in total. The predicted octanol–water partition coefficient (Wildman–Crippen LogP) is 3.30. The van der Waals surface area contributed by atoms with Crippen molar-refractivity contribution in [3.8, 4) is 5.75 Å². The first-order valence-electron chi connectivity index (χ1n) is 5.59. The van der Waals surface area contributed by atoms with Gasteiger partial charge in [0, 0.05) is 5.69 Å². The average Bonchev–Trinajstić information content (AvgIpc) is 2.74. The molecule has 2 rings (SSSR count). The lowest BCUT2D eigenvalue weighted by Gasteiger charge is -2.09. The molecule has 0 aliphatic rings. The highest BCUT2D eigenvalue weighted by Crippen LogP contribution is 2.25. The molecule has 0 saturated carbocycles. The Morgan fingerprint density at radius 1 is 1.41 bits per heavy atom. The van der Waals surface area contributed by atoms with E-state index in [9.17, 15) is 0 Å². The third-order valence-electron chi connectivity index (χ3n) is 2.53. The Bertz CT molecular complexity index is 506. The summed E-state index contributed by atoms with van der Waals surface area (Å²) in [4.78, 5) is 4.10. The molecule has 0 aliphatic carbocycles. The van der Waals surface area contributed by atoms with Crippen LogP contribution in [0.5, 0.6) is 5.75 Å². The summed E-state index contributed by atoms with van der Waals surface area (Å²) >= 11 is 0. The number of nitrogens with one attached hydrogen (secondary N) is 1. The summed E-state index contributed by atoms with van der Waals surface area (Å²) in [7, 11) is 1.68. The topological polar surface area (TPSA) is 47.3 Å². The van der Waals surface area contributed by atoms with E-state index in [2.05, 4.69) is 17.2 Å². The molecule has 0 aliphatic heterocycles. The third-order valence-corrected chi connectivity index (χ3v) is 2.53. The summed E-state index contributed by atoms with van der Waals surface area (Å²) in [5.74, 6) is 1.69. The molecule has 4 heteroatoms. The first-order valence-corrected chi connectivity index (χ1v) is 5.59. The van der Waals surface area contributed by atoms with Crippen LogP contribution in [0.3, 0.4) is 0 Å².